The third-order valence-electron chi connectivity index (χ3n) is 3.97. The summed E-state index contributed by atoms with van der Waals surface area (Å²) in [6.45, 7) is 1.72. The molecule has 0 aliphatic rings. The summed E-state index contributed by atoms with van der Waals surface area (Å²) in [5.74, 6) is 0.147. The number of rotatable bonds is 4. The predicted octanol–water partition coefficient (Wildman–Crippen LogP) is 5.07. The van der Waals surface area contributed by atoms with Gasteiger partial charge in [0.25, 0.3) is 5.89 Å². The largest absolute Gasteiger partial charge is 0.573 e. The molecule has 0 radical (unpaired) electrons. The molecule has 2 aromatic heterocycles. The average Bonchev–Trinajstić information content (AvgIpc) is 3.18. The smallest absolute Gasteiger partial charge is 0.415 e. The summed E-state index contributed by atoms with van der Waals surface area (Å²) in [7, 11) is 0. The van der Waals surface area contributed by atoms with Crippen LogP contribution in [0.5, 0.6) is 5.75 Å². The molecule has 0 atom stereocenters. The van der Waals surface area contributed by atoms with Gasteiger partial charge in [-0.15, -0.1) is 23.4 Å². The van der Waals surface area contributed by atoms with Gasteiger partial charge in [-0.2, -0.15) is 0 Å². The summed E-state index contributed by atoms with van der Waals surface area (Å²) in [5, 5.41) is 8.06. The van der Waals surface area contributed by atoms with E-state index in [1.54, 1.807) is 13.0 Å². The van der Waals surface area contributed by atoms with Crippen LogP contribution < -0.4 is 4.74 Å². The van der Waals surface area contributed by atoms with E-state index in [0.717, 1.165) is 5.56 Å². The molecule has 4 aromatic rings. The number of nitrogens with zero attached hydrogens (tertiary/aromatic N) is 4. The fourth-order valence-corrected chi connectivity index (χ4v) is 2.66. The van der Waals surface area contributed by atoms with Gasteiger partial charge in [-0.3, -0.25) is 4.98 Å². The van der Waals surface area contributed by atoms with Crippen molar-refractivity contribution < 1.29 is 22.3 Å². The number of hydrogen-bond acceptors (Lipinski definition) is 6. The molecule has 0 bridgehead atoms. The molecule has 0 fully saturated rings. The zero-order valence-corrected chi connectivity index (χ0v) is 15.0. The van der Waals surface area contributed by atoms with Gasteiger partial charge in [0.05, 0.1) is 17.6 Å². The highest BCUT2D eigenvalue weighted by Gasteiger charge is 2.31. The summed E-state index contributed by atoms with van der Waals surface area (Å²) in [6, 6.07) is 14.7. The second kappa shape index (κ2) is 7.34. The number of aryl methyl sites for hydroxylation is 1. The summed E-state index contributed by atoms with van der Waals surface area (Å²) in [4.78, 5) is 8.73. The van der Waals surface area contributed by atoms with Crippen molar-refractivity contribution in [3.63, 3.8) is 0 Å². The molecule has 4 rings (SSSR count). The lowest BCUT2D eigenvalue weighted by Gasteiger charge is -2.10. The summed E-state index contributed by atoms with van der Waals surface area (Å²) in [5.41, 5.74) is 2.39. The van der Waals surface area contributed by atoms with Crippen molar-refractivity contribution >= 4 is 0 Å². The highest BCUT2D eigenvalue weighted by molar-refractivity contribution is 5.64. The minimum Gasteiger partial charge on any atom is -0.415 e. The van der Waals surface area contributed by atoms with E-state index in [1.807, 2.05) is 30.3 Å². The van der Waals surface area contributed by atoms with Crippen molar-refractivity contribution in [2.75, 3.05) is 0 Å². The Bertz CT molecular complexity index is 1140. The maximum Gasteiger partial charge on any atom is 0.573 e. The van der Waals surface area contributed by atoms with Gasteiger partial charge in [0.2, 0.25) is 5.89 Å². The van der Waals surface area contributed by atoms with Crippen molar-refractivity contribution in [1.29, 1.82) is 0 Å². The summed E-state index contributed by atoms with van der Waals surface area (Å²) >= 11 is 0. The fraction of sp³-hybridized carbons (Fsp3) is 0.100. The van der Waals surface area contributed by atoms with Gasteiger partial charge in [-0.1, -0.05) is 30.3 Å². The van der Waals surface area contributed by atoms with Crippen LogP contribution in [0.2, 0.25) is 0 Å². The van der Waals surface area contributed by atoms with E-state index in [9.17, 15) is 13.2 Å². The molecule has 0 saturated heterocycles. The fourth-order valence-electron chi connectivity index (χ4n) is 2.66. The first-order chi connectivity index (χ1) is 13.9. The lowest BCUT2D eigenvalue weighted by Crippen LogP contribution is -2.17. The minimum absolute atomic E-state index is 0.165. The maximum atomic E-state index is 12.5. The molecule has 2 heterocycles. The SMILES string of the molecule is Cc1ncc(-c2cccc(OC(F)(F)F)c2)nc1-c1nnc(-c2ccccc2)o1. The minimum atomic E-state index is -4.78. The van der Waals surface area contributed by atoms with Crippen LogP contribution in [0.25, 0.3) is 34.3 Å². The molecule has 0 aliphatic heterocycles. The number of aromatic nitrogens is 4. The van der Waals surface area contributed by atoms with Crippen LogP contribution in [-0.4, -0.2) is 26.5 Å². The second-order valence-electron chi connectivity index (χ2n) is 6.04. The zero-order valence-electron chi connectivity index (χ0n) is 15.0. The van der Waals surface area contributed by atoms with Crippen LogP contribution in [0.15, 0.2) is 65.2 Å². The zero-order chi connectivity index (χ0) is 20.4. The first-order valence-electron chi connectivity index (χ1n) is 8.48. The summed E-state index contributed by atoms with van der Waals surface area (Å²) < 4.78 is 47.1. The van der Waals surface area contributed by atoms with Crippen molar-refractivity contribution in [1.82, 2.24) is 20.2 Å². The van der Waals surface area contributed by atoms with Crippen LogP contribution >= 0.6 is 0 Å². The van der Waals surface area contributed by atoms with Gasteiger partial charge in [-0.25, -0.2) is 4.98 Å². The lowest BCUT2D eigenvalue weighted by molar-refractivity contribution is -0.274. The Hall–Kier alpha value is -3.75. The van der Waals surface area contributed by atoms with Crippen molar-refractivity contribution in [3.8, 4) is 40.0 Å². The number of ether oxygens (including phenoxy) is 1. The Kier molecular flexibility index (Phi) is 4.71. The third kappa shape index (κ3) is 4.23. The van der Waals surface area contributed by atoms with Gasteiger partial charge in [0, 0.05) is 11.1 Å². The third-order valence-corrected chi connectivity index (χ3v) is 3.97. The first kappa shape index (κ1) is 18.6. The van der Waals surface area contributed by atoms with Crippen molar-refractivity contribution in [3.05, 3.63) is 66.5 Å². The van der Waals surface area contributed by atoms with Crippen LogP contribution in [0.3, 0.4) is 0 Å². The molecule has 0 spiro atoms. The molecule has 0 N–H and O–H groups in total. The summed E-state index contributed by atoms with van der Waals surface area (Å²) in [6.07, 6.45) is -3.32. The van der Waals surface area contributed by atoms with Crippen LogP contribution in [-0.2, 0) is 0 Å². The maximum absolute atomic E-state index is 12.5. The number of benzene rings is 2. The van der Waals surface area contributed by atoms with Crippen LogP contribution in [0.4, 0.5) is 13.2 Å². The highest BCUT2D eigenvalue weighted by Crippen LogP contribution is 2.29. The van der Waals surface area contributed by atoms with E-state index in [-0.39, 0.29) is 11.6 Å². The van der Waals surface area contributed by atoms with E-state index >= 15 is 0 Å². The van der Waals surface area contributed by atoms with E-state index in [2.05, 4.69) is 24.9 Å². The molecule has 0 unspecified atom stereocenters. The van der Waals surface area contributed by atoms with E-state index in [1.165, 1.54) is 24.4 Å². The molecule has 6 nitrogen and oxygen atoms in total. The van der Waals surface area contributed by atoms with Gasteiger partial charge in [0.15, 0.2) is 0 Å². The molecular formula is C20H13F3N4O2. The highest BCUT2D eigenvalue weighted by atomic mass is 19.4. The van der Waals surface area contributed by atoms with Gasteiger partial charge >= 0.3 is 6.36 Å². The Morgan fingerprint density at radius 1 is 0.897 bits per heavy atom. The number of hydrogen-bond donors (Lipinski definition) is 0. The number of alkyl halides is 3. The van der Waals surface area contributed by atoms with Crippen molar-refractivity contribution in [2.24, 2.45) is 0 Å². The molecule has 0 amide bonds. The Morgan fingerprint density at radius 2 is 1.62 bits per heavy atom. The number of halogens is 3. The molecule has 9 heteroatoms. The van der Waals surface area contributed by atoms with E-state index < -0.39 is 6.36 Å². The predicted molar refractivity (Wildman–Crippen MR) is 97.6 cm³/mol. The van der Waals surface area contributed by atoms with E-state index in [0.29, 0.717) is 28.5 Å². The Morgan fingerprint density at radius 3 is 2.38 bits per heavy atom. The molecule has 29 heavy (non-hydrogen) atoms. The van der Waals surface area contributed by atoms with Crippen molar-refractivity contribution in [2.45, 2.75) is 13.3 Å². The van der Waals surface area contributed by atoms with Gasteiger partial charge in [-0.05, 0) is 31.2 Å². The van der Waals surface area contributed by atoms with Gasteiger partial charge < -0.3 is 9.15 Å². The second-order valence-corrected chi connectivity index (χ2v) is 6.04. The van der Waals surface area contributed by atoms with Crippen LogP contribution in [0.1, 0.15) is 5.69 Å². The molecule has 0 aliphatic carbocycles. The molecule has 2 aromatic carbocycles. The lowest BCUT2D eigenvalue weighted by atomic mass is 10.1. The van der Waals surface area contributed by atoms with Crippen LogP contribution in [0, 0.1) is 6.92 Å². The molecule has 146 valence electrons. The standard InChI is InChI=1S/C20H13F3N4O2/c1-12-17(19-27-26-18(28-19)13-6-3-2-4-7-13)25-16(11-24-12)14-8-5-9-15(10-14)29-20(21,22)23/h2-11H,1H3. The Balaban J connectivity index is 1.69. The first-order valence-corrected chi connectivity index (χ1v) is 8.48. The van der Waals surface area contributed by atoms with E-state index in [4.69, 9.17) is 4.42 Å². The average molecular weight is 398 g/mol. The van der Waals surface area contributed by atoms with Gasteiger partial charge in [0.1, 0.15) is 11.4 Å². The Labute approximate surface area is 163 Å². The monoisotopic (exact) mass is 398 g/mol. The normalized spacial score (nSPS) is 11.4. The topological polar surface area (TPSA) is 73.9 Å². The molecule has 0 saturated carbocycles. The molecular weight excluding hydrogens is 385 g/mol. The quantitative estimate of drug-likeness (QED) is 0.478.